The second kappa shape index (κ2) is 6.43. The van der Waals surface area contributed by atoms with Crippen molar-refractivity contribution in [3.63, 3.8) is 0 Å². The second-order valence-corrected chi connectivity index (χ2v) is 9.95. The van der Waals surface area contributed by atoms with E-state index in [0.29, 0.717) is 16.8 Å². The van der Waals surface area contributed by atoms with Gasteiger partial charge in [0, 0.05) is 6.54 Å². The molecule has 0 N–H and O–H groups in total. The topological polar surface area (TPSA) is 63.7 Å². The maximum absolute atomic E-state index is 12.7. The standard InChI is InChI=1S/C11H13Br2NO4S2/c1-18-11(15)7-4-2-3-5-14(7)20(16,17)8-6-9(12)19-10(8)13/h6-7H,2-5H2,1H3/t7-/m1/s1. The van der Waals surface area contributed by atoms with Crippen LogP contribution >= 0.6 is 43.2 Å². The second-order valence-electron chi connectivity index (χ2n) is 4.34. The van der Waals surface area contributed by atoms with Crippen LogP contribution in [0.2, 0.25) is 0 Å². The zero-order valence-electron chi connectivity index (χ0n) is 10.6. The van der Waals surface area contributed by atoms with Crippen LogP contribution < -0.4 is 0 Å². The molecule has 9 heteroatoms. The molecule has 0 aliphatic carbocycles. The van der Waals surface area contributed by atoms with Crippen LogP contribution in [-0.2, 0) is 19.6 Å². The summed E-state index contributed by atoms with van der Waals surface area (Å²) in [4.78, 5) is 12.0. The van der Waals surface area contributed by atoms with Gasteiger partial charge in [-0.1, -0.05) is 0 Å². The average Bonchev–Trinajstić information content (AvgIpc) is 2.77. The summed E-state index contributed by atoms with van der Waals surface area (Å²) in [5.74, 6) is -0.501. The van der Waals surface area contributed by atoms with Crippen molar-refractivity contribution in [2.45, 2.75) is 30.2 Å². The summed E-state index contributed by atoms with van der Waals surface area (Å²) >= 11 is 7.82. The summed E-state index contributed by atoms with van der Waals surface area (Å²) in [5.41, 5.74) is 0. The average molecular weight is 447 g/mol. The van der Waals surface area contributed by atoms with Crippen molar-refractivity contribution < 1.29 is 17.9 Å². The molecule has 2 heterocycles. The van der Waals surface area contributed by atoms with E-state index in [9.17, 15) is 13.2 Å². The third kappa shape index (κ3) is 3.11. The first-order valence-corrected chi connectivity index (χ1v) is 9.76. The molecular weight excluding hydrogens is 434 g/mol. The number of halogens is 2. The molecule has 0 spiro atoms. The van der Waals surface area contributed by atoms with Crippen molar-refractivity contribution >= 4 is 59.2 Å². The number of sulfonamides is 1. The van der Waals surface area contributed by atoms with E-state index in [0.717, 1.165) is 16.6 Å². The molecule has 1 atom stereocenters. The van der Waals surface area contributed by atoms with Gasteiger partial charge in [-0.3, -0.25) is 4.79 Å². The molecule has 112 valence electrons. The molecule has 0 saturated carbocycles. The minimum absolute atomic E-state index is 0.185. The highest BCUT2D eigenvalue weighted by Gasteiger charge is 2.39. The number of carbonyl (C=O) groups excluding carboxylic acids is 1. The number of methoxy groups -OCH3 is 1. The van der Waals surface area contributed by atoms with E-state index in [2.05, 4.69) is 31.9 Å². The highest BCUT2D eigenvalue weighted by Crippen LogP contribution is 2.37. The fourth-order valence-electron chi connectivity index (χ4n) is 2.19. The molecule has 1 saturated heterocycles. The monoisotopic (exact) mass is 445 g/mol. The van der Waals surface area contributed by atoms with Gasteiger partial charge in [-0.2, -0.15) is 4.31 Å². The summed E-state index contributed by atoms with van der Waals surface area (Å²) in [6.45, 7) is 0.335. The van der Waals surface area contributed by atoms with Crippen molar-refractivity contribution in [3.05, 3.63) is 13.6 Å². The first-order chi connectivity index (χ1) is 9.37. The maximum Gasteiger partial charge on any atom is 0.324 e. The van der Waals surface area contributed by atoms with Gasteiger partial charge in [-0.05, 0) is 57.2 Å². The lowest BCUT2D eigenvalue weighted by atomic mass is 10.1. The molecule has 0 radical (unpaired) electrons. The first kappa shape index (κ1) is 16.4. The van der Waals surface area contributed by atoms with Crippen LogP contribution in [0.1, 0.15) is 19.3 Å². The van der Waals surface area contributed by atoms with E-state index in [-0.39, 0.29) is 4.90 Å². The van der Waals surface area contributed by atoms with Crippen LogP contribution in [0.25, 0.3) is 0 Å². The van der Waals surface area contributed by atoms with Gasteiger partial charge < -0.3 is 4.74 Å². The highest BCUT2D eigenvalue weighted by atomic mass is 79.9. The molecule has 1 aliphatic rings. The molecule has 1 aromatic heterocycles. The molecule has 0 amide bonds. The highest BCUT2D eigenvalue weighted by molar-refractivity contribution is 9.12. The number of hydrogen-bond acceptors (Lipinski definition) is 5. The number of rotatable bonds is 3. The lowest BCUT2D eigenvalue weighted by molar-refractivity contribution is -0.146. The normalized spacial score (nSPS) is 20.9. The SMILES string of the molecule is COC(=O)[C@H]1CCCCN1S(=O)(=O)c1cc(Br)sc1Br. The molecule has 1 aliphatic heterocycles. The van der Waals surface area contributed by atoms with Gasteiger partial charge in [0.15, 0.2) is 0 Å². The van der Waals surface area contributed by atoms with Crippen LogP contribution in [-0.4, -0.2) is 38.4 Å². The Hall–Kier alpha value is 0.0400. The Morgan fingerprint density at radius 1 is 1.45 bits per heavy atom. The number of ether oxygens (including phenoxy) is 1. The Labute approximate surface area is 138 Å². The summed E-state index contributed by atoms with van der Waals surface area (Å²) in [6, 6.07) is 0.817. The Bertz CT molecular complexity index is 614. The smallest absolute Gasteiger partial charge is 0.324 e. The Kier molecular flexibility index (Phi) is 5.28. The number of thiophene rings is 1. The van der Waals surface area contributed by atoms with E-state index >= 15 is 0 Å². The first-order valence-electron chi connectivity index (χ1n) is 5.92. The van der Waals surface area contributed by atoms with Gasteiger partial charge in [-0.25, -0.2) is 8.42 Å². The molecule has 1 fully saturated rings. The minimum atomic E-state index is -3.71. The summed E-state index contributed by atoms with van der Waals surface area (Å²) in [5, 5.41) is 0. The summed E-state index contributed by atoms with van der Waals surface area (Å²) < 4.78 is 32.7. The van der Waals surface area contributed by atoms with Crippen LogP contribution in [0.4, 0.5) is 0 Å². The number of piperidine rings is 1. The molecule has 2 rings (SSSR count). The van der Waals surface area contributed by atoms with Crippen molar-refractivity contribution in [1.82, 2.24) is 4.31 Å². The van der Waals surface area contributed by atoms with Crippen LogP contribution in [0.5, 0.6) is 0 Å². The molecular formula is C11H13Br2NO4S2. The molecule has 1 aromatic rings. The number of carbonyl (C=O) groups is 1. The molecule has 5 nitrogen and oxygen atoms in total. The summed E-state index contributed by atoms with van der Waals surface area (Å²) in [7, 11) is -2.43. The van der Waals surface area contributed by atoms with Crippen molar-refractivity contribution in [1.29, 1.82) is 0 Å². The zero-order valence-corrected chi connectivity index (χ0v) is 15.4. The molecule has 0 bridgehead atoms. The van der Waals surface area contributed by atoms with Crippen LogP contribution in [0, 0.1) is 0 Å². The number of hydrogen-bond donors (Lipinski definition) is 0. The molecule has 0 unspecified atom stereocenters. The zero-order chi connectivity index (χ0) is 14.9. The van der Waals surface area contributed by atoms with E-state index < -0.39 is 22.0 Å². The summed E-state index contributed by atoms with van der Waals surface area (Å²) in [6.07, 6.45) is 2.06. The number of esters is 1. The fourth-order valence-corrected chi connectivity index (χ4v) is 7.60. The van der Waals surface area contributed by atoms with Gasteiger partial charge in [-0.15, -0.1) is 11.3 Å². The van der Waals surface area contributed by atoms with E-state index in [4.69, 9.17) is 4.74 Å². The predicted octanol–water partition coefficient (Wildman–Crippen LogP) is 2.99. The molecule has 0 aromatic carbocycles. The Balaban J connectivity index is 2.40. The van der Waals surface area contributed by atoms with Crippen molar-refractivity contribution in [2.75, 3.05) is 13.7 Å². The van der Waals surface area contributed by atoms with Crippen LogP contribution in [0.15, 0.2) is 18.5 Å². The third-order valence-corrected chi connectivity index (χ3v) is 7.80. The van der Waals surface area contributed by atoms with E-state index in [1.807, 2.05) is 0 Å². The maximum atomic E-state index is 12.7. The Morgan fingerprint density at radius 3 is 2.70 bits per heavy atom. The van der Waals surface area contributed by atoms with Gasteiger partial charge in [0.05, 0.1) is 14.7 Å². The fraction of sp³-hybridized carbons (Fsp3) is 0.545. The molecule has 20 heavy (non-hydrogen) atoms. The largest absolute Gasteiger partial charge is 0.468 e. The van der Waals surface area contributed by atoms with Crippen molar-refractivity contribution in [3.8, 4) is 0 Å². The van der Waals surface area contributed by atoms with Gasteiger partial charge in [0.2, 0.25) is 10.0 Å². The lowest BCUT2D eigenvalue weighted by Crippen LogP contribution is -2.48. The lowest BCUT2D eigenvalue weighted by Gasteiger charge is -2.32. The Morgan fingerprint density at radius 2 is 2.15 bits per heavy atom. The van der Waals surface area contributed by atoms with E-state index in [1.165, 1.54) is 22.8 Å². The van der Waals surface area contributed by atoms with E-state index in [1.54, 1.807) is 6.07 Å². The van der Waals surface area contributed by atoms with Gasteiger partial charge in [0.25, 0.3) is 0 Å². The minimum Gasteiger partial charge on any atom is -0.468 e. The predicted molar refractivity (Wildman–Crippen MR) is 83.3 cm³/mol. The van der Waals surface area contributed by atoms with Gasteiger partial charge in [0.1, 0.15) is 10.9 Å². The van der Waals surface area contributed by atoms with Crippen LogP contribution in [0.3, 0.4) is 0 Å². The third-order valence-electron chi connectivity index (χ3n) is 3.14. The quantitative estimate of drug-likeness (QED) is 0.669. The van der Waals surface area contributed by atoms with Gasteiger partial charge >= 0.3 is 5.97 Å². The number of nitrogens with zero attached hydrogens (tertiary/aromatic N) is 1. The van der Waals surface area contributed by atoms with Crippen molar-refractivity contribution in [2.24, 2.45) is 0 Å².